The number of benzene rings is 3. The van der Waals surface area contributed by atoms with Gasteiger partial charge in [-0.3, -0.25) is 14.2 Å². The van der Waals surface area contributed by atoms with E-state index in [0.29, 0.717) is 27.9 Å². The van der Waals surface area contributed by atoms with Gasteiger partial charge in [0.05, 0.1) is 30.2 Å². The highest BCUT2D eigenvalue weighted by Crippen LogP contribution is 2.20. The molecule has 0 fully saturated rings. The van der Waals surface area contributed by atoms with Crippen molar-refractivity contribution < 1.29 is 9.53 Å². The summed E-state index contributed by atoms with van der Waals surface area (Å²) in [7, 11) is 1.49. The molecule has 0 saturated heterocycles. The number of nitrogens with zero attached hydrogens (tertiary/aromatic N) is 2. The molecule has 0 saturated carbocycles. The molecule has 0 aliphatic rings. The van der Waals surface area contributed by atoms with E-state index < -0.39 is 17.2 Å². The second kappa shape index (κ2) is 7.71. The number of methoxy groups -OCH3 is 1. The van der Waals surface area contributed by atoms with Crippen LogP contribution in [-0.2, 0) is 6.54 Å². The Morgan fingerprint density at radius 1 is 0.933 bits per heavy atom. The molecular weight excluding hydrogens is 382 g/mol. The average molecular weight is 401 g/mol. The fourth-order valence-electron chi connectivity index (χ4n) is 3.46. The monoisotopic (exact) mass is 401 g/mol. The molecule has 0 atom stereocenters. The van der Waals surface area contributed by atoms with Crippen LogP contribution < -0.4 is 21.7 Å². The molecule has 0 radical (unpaired) electrons. The number of hydrogen-bond donors (Lipinski definition) is 1. The Morgan fingerprint density at radius 2 is 1.60 bits per heavy atom. The van der Waals surface area contributed by atoms with Gasteiger partial charge in [0, 0.05) is 5.56 Å². The summed E-state index contributed by atoms with van der Waals surface area (Å²) < 4.78 is 8.02. The summed E-state index contributed by atoms with van der Waals surface area (Å²) in [4.78, 5) is 37.9. The molecule has 3 aromatic carbocycles. The van der Waals surface area contributed by atoms with Gasteiger partial charge in [-0.2, -0.15) is 0 Å². The molecule has 7 nitrogen and oxygen atoms in total. The highest BCUT2D eigenvalue weighted by atomic mass is 16.5. The summed E-state index contributed by atoms with van der Waals surface area (Å²) in [5.74, 6) is -0.0989. The second-order valence-corrected chi connectivity index (χ2v) is 6.76. The molecule has 4 rings (SSSR count). The largest absolute Gasteiger partial charge is 0.495 e. The molecule has 0 spiro atoms. The quantitative estimate of drug-likeness (QED) is 0.555. The maximum Gasteiger partial charge on any atom is 0.336 e. The third-order valence-corrected chi connectivity index (χ3v) is 4.96. The van der Waals surface area contributed by atoms with E-state index in [1.807, 2.05) is 0 Å². The molecule has 1 amide bonds. The van der Waals surface area contributed by atoms with E-state index >= 15 is 0 Å². The minimum absolute atomic E-state index is 0.216. The highest BCUT2D eigenvalue weighted by Gasteiger charge is 2.17. The summed E-state index contributed by atoms with van der Waals surface area (Å²) in [5.41, 5.74) is 6.47. The number of para-hydroxylation sites is 3. The molecule has 0 bridgehead atoms. The topological polar surface area (TPSA) is 96.3 Å². The fourth-order valence-corrected chi connectivity index (χ4v) is 3.46. The van der Waals surface area contributed by atoms with Crippen LogP contribution in [0.5, 0.6) is 5.75 Å². The van der Waals surface area contributed by atoms with E-state index in [0.717, 1.165) is 10.1 Å². The SMILES string of the molecule is COc1ccccc1-n1c(=O)c2ccccc2n(Cc2ccc(C(N)=O)cc2)c1=O. The molecule has 0 unspecified atom stereocenters. The molecule has 7 heteroatoms. The lowest BCUT2D eigenvalue weighted by atomic mass is 10.1. The molecule has 0 aliphatic carbocycles. The van der Waals surface area contributed by atoms with Gasteiger partial charge < -0.3 is 10.5 Å². The highest BCUT2D eigenvalue weighted by molar-refractivity contribution is 5.92. The van der Waals surface area contributed by atoms with Crippen molar-refractivity contribution in [3.05, 3.63) is 105 Å². The molecule has 30 heavy (non-hydrogen) atoms. The van der Waals surface area contributed by atoms with E-state index in [1.165, 1.54) is 11.7 Å². The number of nitrogens with two attached hydrogens (primary N) is 1. The Labute approximate surface area is 171 Å². The first kappa shape index (κ1) is 19.2. The number of amides is 1. The summed E-state index contributed by atoms with van der Waals surface area (Å²) in [6.45, 7) is 0.216. The van der Waals surface area contributed by atoms with Gasteiger partial charge in [-0.25, -0.2) is 9.36 Å². The van der Waals surface area contributed by atoms with E-state index in [2.05, 4.69) is 0 Å². The molecule has 2 N–H and O–H groups in total. The first-order valence-electron chi connectivity index (χ1n) is 9.28. The Hall–Kier alpha value is -4.13. The summed E-state index contributed by atoms with van der Waals surface area (Å²) in [6, 6.07) is 20.5. The van der Waals surface area contributed by atoms with Crippen LogP contribution in [0.15, 0.2) is 82.4 Å². The van der Waals surface area contributed by atoms with Crippen molar-refractivity contribution in [2.24, 2.45) is 5.73 Å². The zero-order chi connectivity index (χ0) is 21.3. The molecule has 1 heterocycles. The Bertz CT molecular complexity index is 1370. The molecular formula is C23H19N3O4. The minimum atomic E-state index is -0.520. The third kappa shape index (κ3) is 3.26. The lowest BCUT2D eigenvalue weighted by Crippen LogP contribution is -2.39. The van der Waals surface area contributed by atoms with Gasteiger partial charge >= 0.3 is 5.69 Å². The number of aromatic nitrogens is 2. The van der Waals surface area contributed by atoms with Crippen molar-refractivity contribution in [3.8, 4) is 11.4 Å². The van der Waals surface area contributed by atoms with Crippen molar-refractivity contribution in [1.82, 2.24) is 9.13 Å². The smallest absolute Gasteiger partial charge is 0.336 e. The Balaban J connectivity index is 1.96. The minimum Gasteiger partial charge on any atom is -0.495 e. The van der Waals surface area contributed by atoms with Crippen LogP contribution >= 0.6 is 0 Å². The normalized spacial score (nSPS) is 10.8. The predicted octanol–water partition coefficient (Wildman–Crippen LogP) is 2.31. The van der Waals surface area contributed by atoms with Gasteiger partial charge in [-0.1, -0.05) is 36.4 Å². The third-order valence-electron chi connectivity index (χ3n) is 4.96. The van der Waals surface area contributed by atoms with Crippen LogP contribution in [0.2, 0.25) is 0 Å². The number of primary amides is 1. The fraction of sp³-hybridized carbons (Fsp3) is 0.0870. The summed E-state index contributed by atoms with van der Waals surface area (Å²) in [5, 5.41) is 0.414. The van der Waals surface area contributed by atoms with Crippen molar-refractivity contribution in [3.63, 3.8) is 0 Å². The van der Waals surface area contributed by atoms with Gasteiger partial charge in [-0.15, -0.1) is 0 Å². The van der Waals surface area contributed by atoms with Crippen molar-refractivity contribution >= 4 is 16.8 Å². The molecule has 1 aromatic heterocycles. The van der Waals surface area contributed by atoms with Gasteiger partial charge in [0.2, 0.25) is 5.91 Å². The van der Waals surface area contributed by atoms with Gasteiger partial charge in [0.25, 0.3) is 5.56 Å². The number of fused-ring (bicyclic) bond motifs is 1. The molecule has 4 aromatic rings. The standard InChI is InChI=1S/C23H19N3O4/c1-30-20-9-5-4-8-19(20)26-22(28)17-6-2-3-7-18(17)25(23(26)29)14-15-10-12-16(13-11-15)21(24)27/h2-13H,14H2,1H3,(H2,24,27). The first-order valence-corrected chi connectivity index (χ1v) is 9.28. The van der Waals surface area contributed by atoms with Crippen LogP contribution in [0.1, 0.15) is 15.9 Å². The summed E-state index contributed by atoms with van der Waals surface area (Å²) in [6.07, 6.45) is 0. The molecule has 150 valence electrons. The maximum atomic E-state index is 13.4. The van der Waals surface area contributed by atoms with E-state index in [9.17, 15) is 14.4 Å². The number of rotatable bonds is 5. The van der Waals surface area contributed by atoms with Crippen molar-refractivity contribution in [2.75, 3.05) is 7.11 Å². The second-order valence-electron chi connectivity index (χ2n) is 6.76. The first-order chi connectivity index (χ1) is 14.5. The van der Waals surface area contributed by atoms with Gasteiger partial charge in [0.15, 0.2) is 0 Å². The van der Waals surface area contributed by atoms with Crippen LogP contribution in [0.3, 0.4) is 0 Å². The van der Waals surface area contributed by atoms with Crippen LogP contribution in [0.25, 0.3) is 16.6 Å². The van der Waals surface area contributed by atoms with Crippen LogP contribution in [-0.4, -0.2) is 22.2 Å². The number of carbonyl (C=O) groups excluding carboxylic acids is 1. The Kier molecular flexibility index (Phi) is 4.93. The Morgan fingerprint density at radius 3 is 2.30 bits per heavy atom. The van der Waals surface area contributed by atoms with E-state index in [4.69, 9.17) is 10.5 Å². The number of hydrogen-bond acceptors (Lipinski definition) is 4. The average Bonchev–Trinajstić information content (AvgIpc) is 2.77. The zero-order valence-electron chi connectivity index (χ0n) is 16.2. The lowest BCUT2D eigenvalue weighted by molar-refractivity contribution is 0.100. The van der Waals surface area contributed by atoms with Crippen LogP contribution in [0, 0.1) is 0 Å². The van der Waals surface area contributed by atoms with Gasteiger partial charge in [-0.05, 0) is 42.0 Å². The predicted molar refractivity (Wildman–Crippen MR) is 114 cm³/mol. The summed E-state index contributed by atoms with van der Waals surface area (Å²) >= 11 is 0. The number of ether oxygens (including phenoxy) is 1. The van der Waals surface area contributed by atoms with Crippen molar-refractivity contribution in [1.29, 1.82) is 0 Å². The zero-order valence-corrected chi connectivity index (χ0v) is 16.2. The lowest BCUT2D eigenvalue weighted by Gasteiger charge is -2.16. The molecule has 0 aliphatic heterocycles. The van der Waals surface area contributed by atoms with E-state index in [-0.39, 0.29) is 6.54 Å². The van der Waals surface area contributed by atoms with Crippen LogP contribution in [0.4, 0.5) is 0 Å². The van der Waals surface area contributed by atoms with Crippen molar-refractivity contribution in [2.45, 2.75) is 6.54 Å². The number of carbonyl (C=O) groups is 1. The van der Waals surface area contributed by atoms with Gasteiger partial charge in [0.1, 0.15) is 5.75 Å². The van der Waals surface area contributed by atoms with E-state index in [1.54, 1.807) is 72.8 Å². The maximum absolute atomic E-state index is 13.4.